The lowest BCUT2D eigenvalue weighted by Crippen LogP contribution is -2.40. The van der Waals surface area contributed by atoms with E-state index in [1.54, 1.807) is 0 Å². The number of rotatable bonds is 7. The number of aliphatic hydroxyl groups is 1. The molecule has 3 N–H and O–H groups in total. The van der Waals surface area contributed by atoms with Crippen LogP contribution in [0.15, 0.2) is 24.5 Å². The fraction of sp³-hybridized carbons (Fsp3) is 0.556. The molecule has 3 rings (SSSR count). The highest BCUT2D eigenvalue weighted by molar-refractivity contribution is 5.41. The highest BCUT2D eigenvalue weighted by Crippen LogP contribution is 2.25. The van der Waals surface area contributed by atoms with Gasteiger partial charge in [0, 0.05) is 49.7 Å². The standard InChI is InChI=1S/C18H27N5O/c1-14-16(13-21-22-14)12-19-10-15-5-6-18(20-11-15)23-8-3-2-4-17(23)7-9-24/h5-6,11,13,17,19,24H,2-4,7-10,12H2,1H3,(H,21,22). The average molecular weight is 329 g/mol. The minimum absolute atomic E-state index is 0.247. The van der Waals surface area contributed by atoms with Gasteiger partial charge in [0.1, 0.15) is 5.82 Å². The van der Waals surface area contributed by atoms with Crippen molar-refractivity contribution < 1.29 is 5.11 Å². The molecule has 3 heterocycles. The van der Waals surface area contributed by atoms with Crippen molar-refractivity contribution in [1.82, 2.24) is 20.5 Å². The second kappa shape index (κ2) is 8.26. The van der Waals surface area contributed by atoms with E-state index in [2.05, 4.69) is 37.5 Å². The molecule has 2 aromatic heterocycles. The predicted molar refractivity (Wildman–Crippen MR) is 94.8 cm³/mol. The van der Waals surface area contributed by atoms with Crippen molar-refractivity contribution in [3.63, 3.8) is 0 Å². The SMILES string of the molecule is Cc1[nH]ncc1CNCc1ccc(N2CCCCC2CCO)nc1. The number of aromatic amines is 1. The zero-order chi connectivity index (χ0) is 16.8. The first-order chi connectivity index (χ1) is 11.8. The van der Waals surface area contributed by atoms with Gasteiger partial charge >= 0.3 is 0 Å². The third-order valence-corrected chi connectivity index (χ3v) is 4.77. The third kappa shape index (κ3) is 4.13. The zero-order valence-corrected chi connectivity index (χ0v) is 14.3. The number of aromatic nitrogens is 3. The molecule has 0 aliphatic carbocycles. The van der Waals surface area contributed by atoms with E-state index in [1.165, 1.54) is 24.0 Å². The molecule has 0 aromatic carbocycles. The van der Waals surface area contributed by atoms with Gasteiger partial charge in [-0.15, -0.1) is 0 Å². The summed E-state index contributed by atoms with van der Waals surface area (Å²) in [4.78, 5) is 7.01. The molecule has 6 nitrogen and oxygen atoms in total. The molecule has 1 aliphatic rings. The van der Waals surface area contributed by atoms with Gasteiger partial charge in [-0.1, -0.05) is 6.07 Å². The monoisotopic (exact) mass is 329 g/mol. The Balaban J connectivity index is 1.55. The molecule has 0 saturated carbocycles. The highest BCUT2D eigenvalue weighted by Gasteiger charge is 2.22. The Morgan fingerprint density at radius 3 is 2.92 bits per heavy atom. The molecule has 1 fully saturated rings. The zero-order valence-electron chi connectivity index (χ0n) is 14.3. The van der Waals surface area contributed by atoms with Crippen molar-refractivity contribution in [3.05, 3.63) is 41.3 Å². The van der Waals surface area contributed by atoms with Crippen molar-refractivity contribution in [2.75, 3.05) is 18.1 Å². The van der Waals surface area contributed by atoms with E-state index < -0.39 is 0 Å². The van der Waals surface area contributed by atoms with Crippen LogP contribution in [-0.4, -0.2) is 39.5 Å². The smallest absolute Gasteiger partial charge is 0.128 e. The normalized spacial score (nSPS) is 18.1. The molecular weight excluding hydrogens is 302 g/mol. The average Bonchev–Trinajstić information content (AvgIpc) is 3.02. The quantitative estimate of drug-likeness (QED) is 0.725. The van der Waals surface area contributed by atoms with Gasteiger partial charge in [0.2, 0.25) is 0 Å². The largest absolute Gasteiger partial charge is 0.396 e. The number of anilines is 1. The lowest BCUT2D eigenvalue weighted by Gasteiger charge is -2.36. The van der Waals surface area contributed by atoms with Crippen LogP contribution in [0.4, 0.5) is 5.82 Å². The van der Waals surface area contributed by atoms with Crippen LogP contribution in [0.3, 0.4) is 0 Å². The van der Waals surface area contributed by atoms with Crippen molar-refractivity contribution >= 4 is 5.82 Å². The number of aryl methyl sites for hydroxylation is 1. The fourth-order valence-electron chi connectivity index (χ4n) is 3.34. The van der Waals surface area contributed by atoms with Gasteiger partial charge in [-0.3, -0.25) is 5.10 Å². The number of pyridine rings is 1. The second-order valence-electron chi connectivity index (χ2n) is 6.50. The summed E-state index contributed by atoms with van der Waals surface area (Å²) in [6.45, 7) is 4.90. The Kier molecular flexibility index (Phi) is 5.82. The first kappa shape index (κ1) is 16.9. The third-order valence-electron chi connectivity index (χ3n) is 4.77. The van der Waals surface area contributed by atoms with E-state index in [0.717, 1.165) is 44.0 Å². The maximum Gasteiger partial charge on any atom is 0.128 e. The number of H-pyrrole nitrogens is 1. The van der Waals surface area contributed by atoms with Gasteiger partial charge in [-0.05, 0) is 44.2 Å². The van der Waals surface area contributed by atoms with E-state index in [4.69, 9.17) is 0 Å². The summed E-state index contributed by atoms with van der Waals surface area (Å²) in [5.74, 6) is 1.03. The van der Waals surface area contributed by atoms with Crippen LogP contribution in [-0.2, 0) is 13.1 Å². The van der Waals surface area contributed by atoms with E-state index in [0.29, 0.717) is 6.04 Å². The maximum atomic E-state index is 9.26. The van der Waals surface area contributed by atoms with Crippen LogP contribution in [0, 0.1) is 6.92 Å². The van der Waals surface area contributed by atoms with E-state index >= 15 is 0 Å². The van der Waals surface area contributed by atoms with Crippen LogP contribution in [0.5, 0.6) is 0 Å². The molecule has 0 amide bonds. The van der Waals surface area contributed by atoms with Crippen molar-refractivity contribution in [1.29, 1.82) is 0 Å². The molecule has 6 heteroatoms. The van der Waals surface area contributed by atoms with Crippen LogP contribution >= 0.6 is 0 Å². The van der Waals surface area contributed by atoms with E-state index in [1.807, 2.05) is 19.3 Å². The van der Waals surface area contributed by atoms with E-state index in [-0.39, 0.29) is 6.61 Å². The van der Waals surface area contributed by atoms with Crippen LogP contribution in [0.25, 0.3) is 0 Å². The molecule has 24 heavy (non-hydrogen) atoms. The number of nitrogens with zero attached hydrogens (tertiary/aromatic N) is 3. The first-order valence-electron chi connectivity index (χ1n) is 8.80. The number of aliphatic hydroxyl groups excluding tert-OH is 1. The van der Waals surface area contributed by atoms with Gasteiger partial charge in [0.25, 0.3) is 0 Å². The predicted octanol–water partition coefficient (Wildman–Crippen LogP) is 2.14. The summed E-state index contributed by atoms with van der Waals surface area (Å²) >= 11 is 0. The van der Waals surface area contributed by atoms with E-state index in [9.17, 15) is 5.11 Å². The van der Waals surface area contributed by atoms with Crippen molar-refractivity contribution in [2.24, 2.45) is 0 Å². The Bertz CT molecular complexity index is 623. The lowest BCUT2D eigenvalue weighted by atomic mass is 9.99. The van der Waals surface area contributed by atoms with Gasteiger partial charge in [0.05, 0.1) is 6.20 Å². The summed E-state index contributed by atoms with van der Waals surface area (Å²) in [6.07, 6.45) is 8.24. The summed E-state index contributed by atoms with van der Waals surface area (Å²) in [5.41, 5.74) is 3.48. The van der Waals surface area contributed by atoms with Gasteiger partial charge in [0.15, 0.2) is 0 Å². The van der Waals surface area contributed by atoms with Crippen LogP contribution < -0.4 is 10.2 Å². The summed E-state index contributed by atoms with van der Waals surface area (Å²) in [7, 11) is 0. The minimum atomic E-state index is 0.247. The summed E-state index contributed by atoms with van der Waals surface area (Å²) in [6, 6.07) is 4.67. The van der Waals surface area contributed by atoms with Gasteiger partial charge in [-0.25, -0.2) is 4.98 Å². The molecule has 1 aliphatic heterocycles. The Morgan fingerprint density at radius 1 is 1.29 bits per heavy atom. The minimum Gasteiger partial charge on any atom is -0.396 e. The Labute approximate surface area is 143 Å². The molecule has 0 bridgehead atoms. The number of piperidine rings is 1. The molecule has 0 spiro atoms. The summed E-state index contributed by atoms with van der Waals surface area (Å²) < 4.78 is 0. The molecule has 0 radical (unpaired) electrons. The lowest BCUT2D eigenvalue weighted by molar-refractivity contribution is 0.262. The summed E-state index contributed by atoms with van der Waals surface area (Å²) in [5, 5.41) is 19.7. The molecular formula is C18H27N5O. The second-order valence-corrected chi connectivity index (χ2v) is 6.50. The number of hydrogen-bond acceptors (Lipinski definition) is 5. The van der Waals surface area contributed by atoms with Crippen molar-refractivity contribution in [2.45, 2.75) is 51.7 Å². The first-order valence-corrected chi connectivity index (χ1v) is 8.80. The van der Waals surface area contributed by atoms with Gasteiger partial charge in [-0.2, -0.15) is 5.10 Å². The van der Waals surface area contributed by atoms with Crippen LogP contribution in [0.2, 0.25) is 0 Å². The molecule has 1 atom stereocenters. The maximum absolute atomic E-state index is 9.26. The van der Waals surface area contributed by atoms with Crippen LogP contribution in [0.1, 0.15) is 42.5 Å². The molecule has 130 valence electrons. The fourth-order valence-corrected chi connectivity index (χ4v) is 3.34. The topological polar surface area (TPSA) is 77.1 Å². The highest BCUT2D eigenvalue weighted by atomic mass is 16.3. The number of hydrogen-bond donors (Lipinski definition) is 3. The van der Waals surface area contributed by atoms with Gasteiger partial charge < -0.3 is 15.3 Å². The molecule has 1 saturated heterocycles. The number of nitrogens with one attached hydrogen (secondary N) is 2. The molecule has 2 aromatic rings. The Hall–Kier alpha value is -1.92. The molecule has 1 unspecified atom stereocenters. The Morgan fingerprint density at radius 2 is 2.21 bits per heavy atom. The van der Waals surface area contributed by atoms with Crippen molar-refractivity contribution in [3.8, 4) is 0 Å².